The number of non-ortho nitro benzene ring substituents is 1. The van der Waals surface area contributed by atoms with Gasteiger partial charge < -0.3 is 19.8 Å². The van der Waals surface area contributed by atoms with Gasteiger partial charge in [-0.15, -0.1) is 0 Å². The highest BCUT2D eigenvalue weighted by atomic mass is 16.6. The molecule has 0 saturated carbocycles. The van der Waals surface area contributed by atoms with Crippen molar-refractivity contribution in [1.82, 2.24) is 4.90 Å². The van der Waals surface area contributed by atoms with E-state index in [0.29, 0.717) is 18.6 Å². The number of carbonyl (C=O) groups excluding carboxylic acids is 2. The molecule has 0 radical (unpaired) electrons. The van der Waals surface area contributed by atoms with E-state index in [2.05, 4.69) is 0 Å². The molecule has 9 nitrogen and oxygen atoms in total. The van der Waals surface area contributed by atoms with E-state index in [1.54, 1.807) is 18.7 Å². The van der Waals surface area contributed by atoms with Crippen LogP contribution in [0, 0.1) is 16.0 Å². The van der Waals surface area contributed by atoms with Crippen molar-refractivity contribution in [2.75, 3.05) is 6.61 Å². The van der Waals surface area contributed by atoms with Crippen molar-refractivity contribution < 1.29 is 29.5 Å². The maximum absolute atomic E-state index is 12.4. The van der Waals surface area contributed by atoms with Crippen molar-refractivity contribution in [3.05, 3.63) is 39.9 Å². The predicted octanol–water partition coefficient (Wildman–Crippen LogP) is 0.761. The number of nitro groups is 1. The van der Waals surface area contributed by atoms with E-state index in [9.17, 15) is 29.9 Å². The largest absolute Gasteiger partial charge is 0.360 e. The van der Waals surface area contributed by atoms with E-state index in [0.717, 1.165) is 0 Å². The third-order valence-electron chi connectivity index (χ3n) is 5.26. The van der Waals surface area contributed by atoms with Gasteiger partial charge in [-0.05, 0) is 25.8 Å². The lowest BCUT2D eigenvalue weighted by Crippen LogP contribution is -2.72. The standard InChI is InChI=1S/C18H22N2O7/c1-17(2)19-14(7-8-27-17)13(16(19)22)10-18(23,24)15(21)9-11-3-5-12(6-4-11)20(25)26/h3-6,13-14,23-24H,7-10H2,1-2H3. The highest BCUT2D eigenvalue weighted by molar-refractivity contribution is 5.90. The Morgan fingerprint density at radius 2 is 2.00 bits per heavy atom. The summed E-state index contributed by atoms with van der Waals surface area (Å²) in [5, 5.41) is 31.2. The van der Waals surface area contributed by atoms with Gasteiger partial charge in [-0.1, -0.05) is 12.1 Å². The Hall–Kier alpha value is -2.36. The minimum Gasteiger partial charge on any atom is -0.360 e. The Labute approximate surface area is 155 Å². The summed E-state index contributed by atoms with van der Waals surface area (Å²) in [5.74, 6) is -4.41. The highest BCUT2D eigenvalue weighted by Gasteiger charge is 2.57. The lowest BCUT2D eigenvalue weighted by Gasteiger charge is -2.58. The number of Topliss-reactive ketones (excluding diaryl/α,β-unsaturated/α-hetero) is 1. The average Bonchev–Trinajstić information content (AvgIpc) is 2.59. The molecule has 27 heavy (non-hydrogen) atoms. The van der Waals surface area contributed by atoms with Gasteiger partial charge in [0.1, 0.15) is 5.72 Å². The fourth-order valence-corrected chi connectivity index (χ4v) is 3.80. The third-order valence-corrected chi connectivity index (χ3v) is 5.26. The molecule has 2 aliphatic heterocycles. The van der Waals surface area contributed by atoms with Gasteiger partial charge in [-0.2, -0.15) is 0 Å². The average molecular weight is 378 g/mol. The van der Waals surface area contributed by atoms with E-state index in [-0.39, 0.29) is 30.5 Å². The maximum Gasteiger partial charge on any atom is 0.269 e. The quantitative estimate of drug-likeness (QED) is 0.323. The Morgan fingerprint density at radius 3 is 2.59 bits per heavy atom. The fourth-order valence-electron chi connectivity index (χ4n) is 3.80. The lowest BCUT2D eigenvalue weighted by atomic mass is 9.77. The molecule has 146 valence electrons. The molecule has 2 aliphatic rings. The van der Waals surface area contributed by atoms with Crippen LogP contribution in [0.15, 0.2) is 24.3 Å². The lowest BCUT2D eigenvalue weighted by molar-refractivity contribution is -0.384. The summed E-state index contributed by atoms with van der Waals surface area (Å²) in [7, 11) is 0. The Kier molecular flexibility index (Phi) is 4.79. The van der Waals surface area contributed by atoms with Crippen molar-refractivity contribution >= 4 is 17.4 Å². The SMILES string of the molecule is CC1(C)OCCC2C(CC(O)(O)C(=O)Cc3ccc([N+](=O)[O-])cc3)C(=O)N21. The molecular formula is C18H22N2O7. The molecule has 3 rings (SSSR count). The summed E-state index contributed by atoms with van der Waals surface area (Å²) in [6, 6.07) is 5.09. The smallest absolute Gasteiger partial charge is 0.269 e. The molecule has 2 unspecified atom stereocenters. The van der Waals surface area contributed by atoms with Gasteiger partial charge >= 0.3 is 0 Å². The number of nitrogens with zero attached hydrogens (tertiary/aromatic N) is 2. The van der Waals surface area contributed by atoms with Crippen LogP contribution in [0.5, 0.6) is 0 Å². The third kappa shape index (κ3) is 3.58. The zero-order valence-electron chi connectivity index (χ0n) is 15.1. The molecule has 0 aromatic heterocycles. The number of fused-ring (bicyclic) bond motifs is 1. The highest BCUT2D eigenvalue weighted by Crippen LogP contribution is 2.43. The van der Waals surface area contributed by atoms with Crippen LogP contribution in [0.1, 0.15) is 32.3 Å². The molecule has 2 heterocycles. The fraction of sp³-hybridized carbons (Fsp3) is 0.556. The molecule has 0 aliphatic carbocycles. The van der Waals surface area contributed by atoms with Gasteiger partial charge in [0.05, 0.1) is 17.4 Å². The van der Waals surface area contributed by atoms with Gasteiger partial charge in [-0.3, -0.25) is 19.7 Å². The molecule has 2 saturated heterocycles. The van der Waals surface area contributed by atoms with Gasteiger partial charge in [0.2, 0.25) is 11.7 Å². The summed E-state index contributed by atoms with van der Waals surface area (Å²) in [5.41, 5.74) is -0.438. The number of aliphatic hydroxyl groups is 2. The summed E-state index contributed by atoms with van der Waals surface area (Å²) < 4.78 is 5.57. The predicted molar refractivity (Wildman–Crippen MR) is 92.4 cm³/mol. The molecule has 0 bridgehead atoms. The van der Waals surface area contributed by atoms with Gasteiger partial charge in [0, 0.05) is 31.0 Å². The normalized spacial score (nSPS) is 24.1. The van der Waals surface area contributed by atoms with E-state index in [4.69, 9.17) is 4.74 Å². The number of β-lactam (4-membered cyclic amide) rings is 1. The topological polar surface area (TPSA) is 130 Å². The number of rotatable bonds is 6. The first-order chi connectivity index (χ1) is 12.5. The molecule has 1 amide bonds. The Balaban J connectivity index is 1.65. The van der Waals surface area contributed by atoms with E-state index < -0.39 is 28.1 Å². The van der Waals surface area contributed by atoms with Crippen molar-refractivity contribution in [1.29, 1.82) is 0 Å². The molecule has 2 atom stereocenters. The van der Waals surface area contributed by atoms with E-state index >= 15 is 0 Å². The van der Waals surface area contributed by atoms with Crippen LogP contribution in [0.3, 0.4) is 0 Å². The molecule has 2 fully saturated rings. The zero-order chi connectivity index (χ0) is 20.0. The van der Waals surface area contributed by atoms with Crippen LogP contribution >= 0.6 is 0 Å². The monoisotopic (exact) mass is 378 g/mol. The zero-order valence-corrected chi connectivity index (χ0v) is 15.1. The number of carbonyl (C=O) groups is 2. The van der Waals surface area contributed by atoms with Crippen LogP contribution in [0.4, 0.5) is 5.69 Å². The number of benzene rings is 1. The minimum atomic E-state index is -2.64. The number of ether oxygens (including phenoxy) is 1. The first-order valence-electron chi connectivity index (χ1n) is 8.71. The van der Waals surface area contributed by atoms with Crippen LogP contribution < -0.4 is 0 Å². The van der Waals surface area contributed by atoms with Crippen LogP contribution in [0.25, 0.3) is 0 Å². The van der Waals surface area contributed by atoms with Gasteiger partial charge in [0.25, 0.3) is 5.69 Å². The molecule has 0 spiro atoms. The number of hydrogen-bond donors (Lipinski definition) is 2. The van der Waals surface area contributed by atoms with E-state index in [1.807, 2.05) is 0 Å². The van der Waals surface area contributed by atoms with E-state index in [1.165, 1.54) is 24.3 Å². The second-order valence-electron chi connectivity index (χ2n) is 7.51. The molecule has 2 N–H and O–H groups in total. The van der Waals surface area contributed by atoms with Crippen molar-refractivity contribution in [3.63, 3.8) is 0 Å². The number of ketones is 1. The van der Waals surface area contributed by atoms with Crippen molar-refractivity contribution in [3.8, 4) is 0 Å². The first kappa shape index (κ1) is 19.4. The second-order valence-corrected chi connectivity index (χ2v) is 7.51. The minimum absolute atomic E-state index is 0.118. The Morgan fingerprint density at radius 1 is 1.37 bits per heavy atom. The molecule has 1 aromatic carbocycles. The second kappa shape index (κ2) is 6.66. The van der Waals surface area contributed by atoms with Crippen molar-refractivity contribution in [2.24, 2.45) is 5.92 Å². The summed E-state index contributed by atoms with van der Waals surface area (Å²) in [4.78, 5) is 36.4. The Bertz CT molecular complexity index is 772. The van der Waals surface area contributed by atoms with Crippen LogP contribution in [0.2, 0.25) is 0 Å². The number of hydrogen-bond acceptors (Lipinski definition) is 7. The number of amides is 1. The van der Waals surface area contributed by atoms with Crippen LogP contribution in [-0.4, -0.2) is 55.9 Å². The summed E-state index contributed by atoms with van der Waals surface area (Å²) in [6.07, 6.45) is -0.101. The van der Waals surface area contributed by atoms with Gasteiger partial charge in [0.15, 0.2) is 5.78 Å². The van der Waals surface area contributed by atoms with Crippen LogP contribution in [-0.2, 0) is 20.7 Å². The number of nitro benzene ring substituents is 1. The maximum atomic E-state index is 12.4. The summed E-state index contributed by atoms with van der Waals surface area (Å²) in [6.45, 7) is 4.01. The molecule has 1 aromatic rings. The first-order valence-corrected chi connectivity index (χ1v) is 8.71. The molecule has 9 heteroatoms. The van der Waals surface area contributed by atoms with Gasteiger partial charge in [-0.25, -0.2) is 0 Å². The summed E-state index contributed by atoms with van der Waals surface area (Å²) >= 11 is 0. The van der Waals surface area contributed by atoms with Crippen molar-refractivity contribution in [2.45, 2.75) is 50.7 Å². The molecular weight excluding hydrogens is 356 g/mol.